The zero-order chi connectivity index (χ0) is 46.8. The van der Waals surface area contributed by atoms with E-state index in [0.29, 0.717) is 6.42 Å². The highest BCUT2D eigenvalue weighted by molar-refractivity contribution is 5.98. The predicted molar refractivity (Wildman–Crippen MR) is 220 cm³/mol. The number of aliphatic carboxylic acids is 1. The van der Waals surface area contributed by atoms with E-state index in [-0.39, 0.29) is 75.0 Å². The molecular formula is C39H61F2N11O10. The minimum Gasteiger partial charge on any atom is -0.480 e. The quantitative estimate of drug-likeness (QED) is 0.0272. The Hall–Kier alpha value is -5.97. The van der Waals surface area contributed by atoms with Gasteiger partial charge in [0, 0.05) is 19.5 Å². The summed E-state index contributed by atoms with van der Waals surface area (Å²) in [6, 6.07) is -6.94. The molecule has 0 radical (unpaired) electrons. The van der Waals surface area contributed by atoms with Crippen molar-refractivity contribution in [1.82, 2.24) is 31.5 Å². The fourth-order valence-corrected chi connectivity index (χ4v) is 6.63. The van der Waals surface area contributed by atoms with Crippen molar-refractivity contribution < 1.29 is 57.4 Å². The van der Waals surface area contributed by atoms with Gasteiger partial charge in [-0.3, -0.25) is 38.6 Å². The molecule has 15 N–H and O–H groups in total. The molecule has 1 aromatic rings. The summed E-state index contributed by atoms with van der Waals surface area (Å²) in [7, 11) is 0. The van der Waals surface area contributed by atoms with Crippen molar-refractivity contribution in [2.75, 3.05) is 19.7 Å². The molecular weight excluding hydrogens is 820 g/mol. The fourth-order valence-electron chi connectivity index (χ4n) is 6.63. The molecule has 0 unspecified atom stereocenters. The number of carbonyl (C=O) groups excluding carboxylic acids is 7. The van der Waals surface area contributed by atoms with E-state index in [9.17, 15) is 57.4 Å². The van der Waals surface area contributed by atoms with Crippen LogP contribution in [0.5, 0.6) is 0 Å². The molecule has 23 heteroatoms. The third kappa shape index (κ3) is 17.2. The molecule has 21 nitrogen and oxygen atoms in total. The second kappa shape index (κ2) is 25.1. The second-order valence-electron chi connectivity index (χ2n) is 16.0. The summed E-state index contributed by atoms with van der Waals surface area (Å²) in [5.74, 6) is -10.7. The van der Waals surface area contributed by atoms with E-state index in [4.69, 9.17) is 22.9 Å². The monoisotopic (exact) mass is 881 g/mol. The minimum atomic E-state index is -1.58. The Morgan fingerprint density at radius 2 is 1.29 bits per heavy atom. The first-order valence-corrected chi connectivity index (χ1v) is 20.2. The summed E-state index contributed by atoms with van der Waals surface area (Å²) in [5, 5.41) is 31.6. The molecule has 2 rings (SSSR count). The SMILES string of the molecule is CC(C)C[C@H](NC(=O)[C@H](CC(C)C)NC(=O)[C@H](Cc1ccc(F)c(F)c1)NC(=O)[C@@H](N)CO)C(=O)N[C@@H](CCCN=C(N)N)C(=O)N[C@@H](CC(N)=O)C(=O)N1CCC[C@H]1C(=O)O. The molecule has 1 heterocycles. The van der Waals surface area contributed by atoms with Gasteiger partial charge in [0.2, 0.25) is 41.4 Å². The Labute approximate surface area is 357 Å². The molecule has 0 aliphatic carbocycles. The van der Waals surface area contributed by atoms with Gasteiger partial charge in [-0.05, 0) is 68.1 Å². The number of halogens is 2. The molecule has 0 saturated carbocycles. The maximum absolute atomic E-state index is 14.1. The summed E-state index contributed by atoms with van der Waals surface area (Å²) in [6.45, 7) is 6.30. The van der Waals surface area contributed by atoms with Crippen LogP contribution in [0.1, 0.15) is 78.2 Å². The summed E-state index contributed by atoms with van der Waals surface area (Å²) in [5.41, 5.74) is 22.0. The van der Waals surface area contributed by atoms with Gasteiger partial charge >= 0.3 is 5.97 Å². The van der Waals surface area contributed by atoms with E-state index in [1.54, 1.807) is 27.7 Å². The molecule has 62 heavy (non-hydrogen) atoms. The van der Waals surface area contributed by atoms with Crippen molar-refractivity contribution in [1.29, 1.82) is 0 Å². The molecule has 0 spiro atoms. The van der Waals surface area contributed by atoms with Crippen LogP contribution in [-0.2, 0) is 44.8 Å². The number of likely N-dealkylation sites (tertiary alicyclic amines) is 1. The number of carboxylic acid groups (broad SMARTS) is 1. The number of nitrogens with two attached hydrogens (primary N) is 4. The number of carbonyl (C=O) groups is 8. The van der Waals surface area contributed by atoms with Crippen molar-refractivity contribution in [3.05, 3.63) is 35.4 Å². The summed E-state index contributed by atoms with van der Waals surface area (Å²) >= 11 is 0. The van der Waals surface area contributed by atoms with Crippen molar-refractivity contribution in [3.63, 3.8) is 0 Å². The number of amides is 7. The topological polar surface area (TPSA) is 357 Å². The first-order chi connectivity index (χ1) is 29.0. The van der Waals surface area contributed by atoms with Gasteiger partial charge in [0.15, 0.2) is 17.6 Å². The van der Waals surface area contributed by atoms with Crippen LogP contribution in [0.4, 0.5) is 8.78 Å². The molecule has 0 aromatic heterocycles. The predicted octanol–water partition coefficient (Wildman–Crippen LogP) is -2.65. The van der Waals surface area contributed by atoms with E-state index in [1.165, 1.54) is 6.07 Å². The number of benzene rings is 1. The number of rotatable bonds is 25. The Morgan fingerprint density at radius 3 is 1.79 bits per heavy atom. The number of nitrogens with one attached hydrogen (secondary N) is 5. The molecule has 1 aromatic carbocycles. The largest absolute Gasteiger partial charge is 0.480 e. The zero-order valence-corrected chi connectivity index (χ0v) is 35.3. The van der Waals surface area contributed by atoms with Crippen LogP contribution in [-0.4, -0.2) is 130 Å². The van der Waals surface area contributed by atoms with Crippen molar-refractivity contribution in [3.8, 4) is 0 Å². The number of nitrogens with zero attached hydrogens (tertiary/aromatic N) is 2. The van der Waals surface area contributed by atoms with Gasteiger partial charge in [0.25, 0.3) is 0 Å². The van der Waals surface area contributed by atoms with Gasteiger partial charge in [0.05, 0.1) is 13.0 Å². The lowest BCUT2D eigenvalue weighted by atomic mass is 9.98. The summed E-state index contributed by atoms with van der Waals surface area (Å²) in [4.78, 5) is 111. The van der Waals surface area contributed by atoms with E-state index in [1.807, 2.05) is 0 Å². The third-order valence-corrected chi connectivity index (χ3v) is 9.69. The number of aliphatic imine (C=N–C) groups is 1. The third-order valence-electron chi connectivity index (χ3n) is 9.69. The van der Waals surface area contributed by atoms with Crippen LogP contribution >= 0.6 is 0 Å². The van der Waals surface area contributed by atoms with E-state index in [2.05, 4.69) is 31.6 Å². The van der Waals surface area contributed by atoms with Gasteiger partial charge in [-0.1, -0.05) is 33.8 Å². The van der Waals surface area contributed by atoms with Crippen LogP contribution in [0.25, 0.3) is 0 Å². The summed E-state index contributed by atoms with van der Waals surface area (Å²) in [6.07, 6.45) is -0.513. The number of primary amides is 1. The maximum atomic E-state index is 14.1. The Kier molecular flexibility index (Phi) is 21.1. The number of aliphatic hydroxyl groups excluding tert-OH is 1. The highest BCUT2D eigenvalue weighted by Crippen LogP contribution is 2.20. The molecule has 7 atom stereocenters. The second-order valence-corrected chi connectivity index (χ2v) is 16.0. The maximum Gasteiger partial charge on any atom is 0.326 e. The van der Waals surface area contributed by atoms with E-state index in [0.717, 1.165) is 17.0 Å². The lowest BCUT2D eigenvalue weighted by molar-refractivity contribution is -0.149. The number of guanidine groups is 1. The van der Waals surface area contributed by atoms with Crippen molar-refractivity contribution >= 4 is 53.3 Å². The first kappa shape index (κ1) is 52.2. The summed E-state index contributed by atoms with van der Waals surface area (Å²) < 4.78 is 27.8. The van der Waals surface area contributed by atoms with E-state index < -0.39 is 114 Å². The lowest BCUT2D eigenvalue weighted by Gasteiger charge is -2.29. The Bertz CT molecular complexity index is 1800. The molecule has 1 fully saturated rings. The van der Waals surface area contributed by atoms with Gasteiger partial charge in [-0.25, -0.2) is 13.6 Å². The highest BCUT2D eigenvalue weighted by atomic mass is 19.2. The lowest BCUT2D eigenvalue weighted by Crippen LogP contribution is -2.60. The zero-order valence-electron chi connectivity index (χ0n) is 35.3. The Balaban J connectivity index is 2.41. The van der Waals surface area contributed by atoms with Gasteiger partial charge < -0.3 is 64.6 Å². The first-order valence-electron chi connectivity index (χ1n) is 20.2. The molecule has 1 aliphatic rings. The minimum absolute atomic E-state index is 0.0143. The van der Waals surface area contributed by atoms with Gasteiger partial charge in [-0.2, -0.15) is 0 Å². The molecule has 1 saturated heterocycles. The normalized spacial score (nSPS) is 16.5. The standard InChI is InChI=1S/C39H61F2N11O10/c1-19(2)13-26(49-35(58)27(14-20(3)4)50-36(59)28(48-32(55)24(42)18-53)16-21-9-10-22(40)23(41)15-21)34(57)47-25(7-5-11-46-39(44)45)33(56)51-29(17-31(43)54)37(60)52-12-6-8-30(52)38(61)62/h9-10,15,19-20,24-30,53H,5-8,11-14,16-18,42H2,1-4H3,(H2,43,54)(H,47,57)(H,48,55)(H,49,58)(H,50,59)(H,51,56)(H,61,62)(H4,44,45,46)/t24-,25-,26-,27-,28-,29-,30-/m0/s1. The number of carboxylic acids is 1. The van der Waals surface area contributed by atoms with E-state index >= 15 is 0 Å². The number of hydrogen-bond acceptors (Lipinski definition) is 11. The average molecular weight is 882 g/mol. The fraction of sp³-hybridized carbons (Fsp3) is 0.615. The van der Waals surface area contributed by atoms with Crippen LogP contribution in [0.3, 0.4) is 0 Å². The van der Waals surface area contributed by atoms with Crippen LogP contribution in [0, 0.1) is 23.5 Å². The number of aliphatic hydroxyl groups is 1. The van der Waals surface area contributed by atoms with Crippen molar-refractivity contribution in [2.24, 2.45) is 39.8 Å². The van der Waals surface area contributed by atoms with Gasteiger partial charge in [0.1, 0.15) is 42.3 Å². The Morgan fingerprint density at radius 1 is 0.774 bits per heavy atom. The van der Waals surface area contributed by atoms with Crippen LogP contribution in [0.15, 0.2) is 23.2 Å². The van der Waals surface area contributed by atoms with Crippen LogP contribution in [0.2, 0.25) is 0 Å². The number of hydrogen-bond donors (Lipinski definition) is 11. The van der Waals surface area contributed by atoms with Crippen molar-refractivity contribution in [2.45, 2.75) is 121 Å². The molecule has 7 amide bonds. The average Bonchev–Trinajstić information content (AvgIpc) is 3.68. The molecule has 1 aliphatic heterocycles. The molecule has 346 valence electrons. The molecule has 0 bridgehead atoms. The van der Waals surface area contributed by atoms with Crippen LogP contribution < -0.4 is 49.5 Å². The smallest absolute Gasteiger partial charge is 0.326 e. The van der Waals surface area contributed by atoms with Gasteiger partial charge in [-0.15, -0.1) is 0 Å². The highest BCUT2D eigenvalue weighted by Gasteiger charge is 2.39.